The van der Waals surface area contributed by atoms with Crippen LogP contribution in [0, 0.1) is 0 Å². The first-order chi connectivity index (χ1) is 10.8. The van der Waals surface area contributed by atoms with Gasteiger partial charge in [-0.3, -0.25) is 0 Å². The Kier molecular flexibility index (Phi) is 4.42. The fraction of sp³-hybridized carbons (Fsp3) is 0.579. The fourth-order valence-electron chi connectivity index (χ4n) is 2.96. The van der Waals surface area contributed by atoms with Crippen LogP contribution >= 0.6 is 0 Å². The highest BCUT2D eigenvalue weighted by Crippen LogP contribution is 2.39. The minimum atomic E-state index is -1.78. The third kappa shape index (κ3) is 3.25. The highest BCUT2D eigenvalue weighted by molar-refractivity contribution is 6.74. The average molecular weight is 333 g/mol. The lowest BCUT2D eigenvalue weighted by molar-refractivity contribution is -0.0910. The molecule has 1 aromatic carbocycles. The summed E-state index contributed by atoms with van der Waals surface area (Å²) in [6.45, 7) is 12.6. The van der Waals surface area contributed by atoms with Gasteiger partial charge in [0.1, 0.15) is 12.2 Å². The van der Waals surface area contributed by atoms with Gasteiger partial charge in [-0.05, 0) is 35.3 Å². The second kappa shape index (κ2) is 6.08. The van der Waals surface area contributed by atoms with Crippen molar-refractivity contribution in [2.75, 3.05) is 6.61 Å². The van der Waals surface area contributed by atoms with Crippen LogP contribution in [0.15, 0.2) is 36.6 Å². The minimum absolute atomic E-state index is 0.0347. The van der Waals surface area contributed by atoms with Gasteiger partial charge in [-0.2, -0.15) is 0 Å². The molecule has 3 nitrogen and oxygen atoms in total. The average Bonchev–Trinajstić information content (AvgIpc) is 2.51. The van der Waals surface area contributed by atoms with Crippen LogP contribution in [0.2, 0.25) is 18.1 Å². The van der Waals surface area contributed by atoms with Gasteiger partial charge in [0.05, 0.1) is 19.5 Å². The van der Waals surface area contributed by atoms with Crippen LogP contribution in [0.3, 0.4) is 0 Å². The van der Waals surface area contributed by atoms with Gasteiger partial charge < -0.3 is 13.9 Å². The van der Waals surface area contributed by atoms with Crippen LogP contribution in [-0.4, -0.2) is 27.1 Å². The lowest BCUT2D eigenvalue weighted by Gasteiger charge is -2.42. The predicted molar refractivity (Wildman–Crippen MR) is 94.9 cm³/mol. The SMILES string of the molecule is CC(C)(C)[Si](C)(C)OC[C@H]1OC=C[C@@H]2c3ccccc3CO[C@@H]21. The van der Waals surface area contributed by atoms with Crippen molar-refractivity contribution in [2.24, 2.45) is 0 Å². The van der Waals surface area contributed by atoms with E-state index in [0.717, 1.165) is 0 Å². The van der Waals surface area contributed by atoms with Crippen LogP contribution < -0.4 is 0 Å². The van der Waals surface area contributed by atoms with E-state index in [1.165, 1.54) is 11.1 Å². The topological polar surface area (TPSA) is 27.7 Å². The van der Waals surface area contributed by atoms with Gasteiger partial charge in [-0.15, -0.1) is 0 Å². The smallest absolute Gasteiger partial charge is 0.192 e. The molecule has 0 N–H and O–H groups in total. The normalized spacial score (nSPS) is 27.1. The largest absolute Gasteiger partial charge is 0.493 e. The van der Waals surface area contributed by atoms with Gasteiger partial charge in [0, 0.05) is 5.92 Å². The monoisotopic (exact) mass is 332 g/mol. The molecule has 0 saturated carbocycles. The molecule has 3 rings (SSSR count). The summed E-state index contributed by atoms with van der Waals surface area (Å²) in [6, 6.07) is 8.53. The Morgan fingerprint density at radius 1 is 1.22 bits per heavy atom. The Morgan fingerprint density at radius 3 is 2.70 bits per heavy atom. The molecule has 0 aliphatic carbocycles. The third-order valence-electron chi connectivity index (χ3n) is 5.52. The summed E-state index contributed by atoms with van der Waals surface area (Å²) in [5.74, 6) is 0.265. The summed E-state index contributed by atoms with van der Waals surface area (Å²) in [5, 5.41) is 0.205. The molecule has 0 unspecified atom stereocenters. The molecule has 0 fully saturated rings. The fourth-order valence-corrected chi connectivity index (χ4v) is 3.97. The first kappa shape index (κ1) is 16.7. The molecule has 3 atom stereocenters. The number of fused-ring (bicyclic) bond motifs is 3. The quantitative estimate of drug-likeness (QED) is 0.757. The lowest BCUT2D eigenvalue weighted by atomic mass is 9.84. The van der Waals surface area contributed by atoms with Gasteiger partial charge in [0.25, 0.3) is 0 Å². The zero-order valence-corrected chi connectivity index (χ0v) is 15.8. The molecule has 4 heteroatoms. The molecule has 1 aromatic rings. The van der Waals surface area contributed by atoms with Gasteiger partial charge in [0.2, 0.25) is 0 Å². The van der Waals surface area contributed by atoms with Crippen molar-refractivity contribution in [3.63, 3.8) is 0 Å². The second-order valence-corrected chi connectivity index (χ2v) is 12.9. The van der Waals surface area contributed by atoms with Crippen molar-refractivity contribution in [1.29, 1.82) is 0 Å². The van der Waals surface area contributed by atoms with E-state index < -0.39 is 8.32 Å². The van der Waals surface area contributed by atoms with Crippen molar-refractivity contribution in [2.45, 2.75) is 63.6 Å². The van der Waals surface area contributed by atoms with Crippen molar-refractivity contribution < 1.29 is 13.9 Å². The van der Waals surface area contributed by atoms with E-state index in [-0.39, 0.29) is 23.2 Å². The Bertz CT molecular complexity index is 589. The molecule has 2 aliphatic rings. The molecule has 23 heavy (non-hydrogen) atoms. The number of ether oxygens (including phenoxy) is 2. The molecule has 0 spiro atoms. The molecule has 0 bridgehead atoms. The van der Waals surface area contributed by atoms with E-state index in [0.29, 0.717) is 13.2 Å². The first-order valence-corrected chi connectivity index (χ1v) is 11.4. The molecule has 0 radical (unpaired) electrons. The zero-order chi connectivity index (χ0) is 16.7. The van der Waals surface area contributed by atoms with E-state index >= 15 is 0 Å². The summed E-state index contributed by atoms with van der Waals surface area (Å²) < 4.78 is 18.4. The number of hydrogen-bond acceptors (Lipinski definition) is 3. The predicted octanol–water partition coefficient (Wildman–Crippen LogP) is 4.60. The van der Waals surface area contributed by atoms with E-state index in [9.17, 15) is 0 Å². The third-order valence-corrected chi connectivity index (χ3v) is 10.0. The van der Waals surface area contributed by atoms with E-state index in [1.54, 1.807) is 0 Å². The highest BCUT2D eigenvalue weighted by atomic mass is 28.4. The van der Waals surface area contributed by atoms with Crippen LogP contribution in [0.4, 0.5) is 0 Å². The summed E-state index contributed by atoms with van der Waals surface area (Å²) in [4.78, 5) is 0. The zero-order valence-electron chi connectivity index (χ0n) is 14.8. The minimum Gasteiger partial charge on any atom is -0.493 e. The maximum Gasteiger partial charge on any atom is 0.192 e. The molecule has 0 amide bonds. The molecule has 2 heterocycles. The lowest BCUT2D eigenvalue weighted by Crippen LogP contribution is -2.48. The maximum absolute atomic E-state index is 6.37. The number of hydrogen-bond donors (Lipinski definition) is 0. The van der Waals surface area contributed by atoms with Crippen molar-refractivity contribution in [1.82, 2.24) is 0 Å². The van der Waals surface area contributed by atoms with Crippen molar-refractivity contribution >= 4 is 8.32 Å². The Balaban J connectivity index is 1.73. The Morgan fingerprint density at radius 2 is 1.96 bits per heavy atom. The van der Waals surface area contributed by atoms with E-state index in [2.05, 4.69) is 64.2 Å². The Labute approximate surface area is 140 Å². The maximum atomic E-state index is 6.37. The Hall–Kier alpha value is -1.10. The van der Waals surface area contributed by atoms with Gasteiger partial charge in [-0.1, -0.05) is 45.0 Å². The van der Waals surface area contributed by atoms with Crippen molar-refractivity contribution in [3.05, 3.63) is 47.7 Å². The molecular weight excluding hydrogens is 304 g/mol. The molecular formula is C19H28O3Si. The molecule has 2 aliphatic heterocycles. The van der Waals surface area contributed by atoms with E-state index in [4.69, 9.17) is 13.9 Å². The molecule has 126 valence electrons. The summed E-state index contributed by atoms with van der Waals surface area (Å²) in [5.41, 5.74) is 2.64. The van der Waals surface area contributed by atoms with Gasteiger partial charge in [0.15, 0.2) is 8.32 Å². The van der Waals surface area contributed by atoms with Gasteiger partial charge >= 0.3 is 0 Å². The first-order valence-electron chi connectivity index (χ1n) is 8.45. The van der Waals surface area contributed by atoms with Crippen LogP contribution in [-0.2, 0) is 20.5 Å². The summed E-state index contributed by atoms with van der Waals surface area (Å²) in [7, 11) is -1.78. The molecule has 0 saturated heterocycles. The number of benzene rings is 1. The van der Waals surface area contributed by atoms with Crippen molar-refractivity contribution in [3.8, 4) is 0 Å². The van der Waals surface area contributed by atoms with Crippen LogP contribution in [0.25, 0.3) is 0 Å². The van der Waals surface area contributed by atoms with Gasteiger partial charge in [-0.25, -0.2) is 0 Å². The summed E-state index contributed by atoms with van der Waals surface area (Å²) in [6.07, 6.45) is 3.95. The summed E-state index contributed by atoms with van der Waals surface area (Å²) >= 11 is 0. The highest BCUT2D eigenvalue weighted by Gasteiger charge is 2.42. The number of rotatable bonds is 3. The van der Waals surface area contributed by atoms with E-state index in [1.807, 2.05) is 6.26 Å². The molecule has 0 aromatic heterocycles. The second-order valence-electron chi connectivity index (χ2n) is 8.07. The van der Waals surface area contributed by atoms with Crippen LogP contribution in [0.1, 0.15) is 37.8 Å². The standard InChI is InChI=1S/C19H28O3Si/c1-19(2,3)23(4,5)22-13-17-18-16(10-11-20-17)15-9-7-6-8-14(15)12-21-18/h6-11,16-18H,12-13H2,1-5H3/t16-,17-,18+/m1/s1. The van der Waals surface area contributed by atoms with Crippen LogP contribution in [0.5, 0.6) is 0 Å².